The van der Waals surface area contributed by atoms with Crippen LogP contribution in [0.2, 0.25) is 0 Å². The molecule has 0 aliphatic heterocycles. The molecule has 1 atom stereocenters. The van der Waals surface area contributed by atoms with Crippen molar-refractivity contribution in [3.63, 3.8) is 0 Å². The third-order valence-corrected chi connectivity index (χ3v) is 5.21. The van der Waals surface area contributed by atoms with Crippen LogP contribution in [0, 0.1) is 6.92 Å². The Labute approximate surface area is 168 Å². The molecule has 0 bridgehead atoms. The molecule has 0 saturated heterocycles. The smallest absolute Gasteiger partial charge is 0.347 e. The molecule has 2 heterocycles. The van der Waals surface area contributed by atoms with Crippen LogP contribution in [0.3, 0.4) is 0 Å². The van der Waals surface area contributed by atoms with Gasteiger partial charge in [0.25, 0.3) is 0 Å². The average molecular weight is 396 g/mol. The first kappa shape index (κ1) is 19.3. The highest BCUT2D eigenvalue weighted by molar-refractivity contribution is 5.82. The molecule has 0 N–H and O–H groups in total. The Morgan fingerprint density at radius 3 is 2.69 bits per heavy atom. The van der Waals surface area contributed by atoms with E-state index in [1.807, 2.05) is 13.0 Å². The molecule has 0 unspecified atom stereocenters. The summed E-state index contributed by atoms with van der Waals surface area (Å²) in [4.78, 5) is 25.7. The van der Waals surface area contributed by atoms with Crippen molar-refractivity contribution in [3.05, 3.63) is 52.4 Å². The molecule has 4 rings (SSSR count). The van der Waals surface area contributed by atoms with E-state index in [-0.39, 0.29) is 23.0 Å². The molecule has 0 spiro atoms. The van der Waals surface area contributed by atoms with Crippen LogP contribution in [-0.2, 0) is 9.53 Å². The first-order valence-corrected chi connectivity index (χ1v) is 10.0. The van der Waals surface area contributed by atoms with Gasteiger partial charge >= 0.3 is 5.97 Å². The molecule has 2 aromatic heterocycles. The van der Waals surface area contributed by atoms with Crippen LogP contribution in [0.1, 0.15) is 44.6 Å². The quantitative estimate of drug-likeness (QED) is 0.565. The van der Waals surface area contributed by atoms with Crippen molar-refractivity contribution in [2.75, 3.05) is 0 Å². The van der Waals surface area contributed by atoms with Gasteiger partial charge in [-0.15, -0.1) is 0 Å². The molecular weight excluding hydrogens is 372 g/mol. The summed E-state index contributed by atoms with van der Waals surface area (Å²) in [5.41, 5.74) is 1.05. The number of fused-ring (bicyclic) bond motifs is 1. The van der Waals surface area contributed by atoms with Gasteiger partial charge in [-0.2, -0.15) is 0 Å². The number of carbonyl (C=O) groups is 1. The minimum atomic E-state index is -0.948. The van der Waals surface area contributed by atoms with Gasteiger partial charge in [-0.25, -0.2) is 4.79 Å². The Balaban J connectivity index is 1.67. The van der Waals surface area contributed by atoms with Crippen LogP contribution >= 0.6 is 0 Å². The van der Waals surface area contributed by atoms with Gasteiger partial charge in [0.05, 0.1) is 11.6 Å². The summed E-state index contributed by atoms with van der Waals surface area (Å²) in [5.74, 6) is -0.0149. The molecule has 0 amide bonds. The van der Waals surface area contributed by atoms with Crippen LogP contribution in [-0.4, -0.2) is 18.2 Å². The number of aryl methyl sites for hydroxylation is 1. The van der Waals surface area contributed by atoms with E-state index < -0.39 is 12.1 Å². The number of ether oxygens (including phenoxy) is 2. The highest BCUT2D eigenvalue weighted by Crippen LogP contribution is 2.32. The Bertz CT molecular complexity index is 1060. The van der Waals surface area contributed by atoms with E-state index in [4.69, 9.17) is 18.3 Å². The molecule has 1 aliphatic carbocycles. The zero-order valence-electron chi connectivity index (χ0n) is 16.6. The summed E-state index contributed by atoms with van der Waals surface area (Å²) < 4.78 is 22.8. The lowest BCUT2D eigenvalue weighted by Gasteiger charge is -2.23. The van der Waals surface area contributed by atoms with Crippen LogP contribution in [0.5, 0.6) is 5.75 Å². The second-order valence-corrected chi connectivity index (χ2v) is 7.52. The highest BCUT2D eigenvalue weighted by atomic mass is 16.6. The van der Waals surface area contributed by atoms with Crippen LogP contribution in [0.4, 0.5) is 0 Å². The molecule has 6 nitrogen and oxygen atoms in total. The fraction of sp³-hybridized carbons (Fsp3) is 0.391. The summed E-state index contributed by atoms with van der Waals surface area (Å²) in [6, 6.07) is 8.68. The molecule has 1 aliphatic rings. The van der Waals surface area contributed by atoms with Crippen LogP contribution in [0.25, 0.3) is 22.5 Å². The zero-order valence-corrected chi connectivity index (χ0v) is 16.6. The standard InChI is InChI=1S/C23H24O6/c1-14-10-11-17-19(13-14)29-21(18-9-6-12-26-18)22(20(17)24)27-15(2)23(25)28-16-7-4-3-5-8-16/h6,9-13,15-16H,3-5,7-8H2,1-2H3/t15-/m0/s1. The molecule has 0 radical (unpaired) electrons. The number of furan rings is 1. The minimum Gasteiger partial charge on any atom is -0.471 e. The zero-order chi connectivity index (χ0) is 20.4. The third-order valence-electron chi connectivity index (χ3n) is 5.21. The van der Waals surface area contributed by atoms with Crippen LogP contribution < -0.4 is 10.2 Å². The second kappa shape index (κ2) is 8.15. The topological polar surface area (TPSA) is 78.9 Å². The number of benzene rings is 1. The summed E-state index contributed by atoms with van der Waals surface area (Å²) in [6.45, 7) is 3.50. The van der Waals surface area contributed by atoms with Gasteiger partial charge in [0.15, 0.2) is 11.9 Å². The molecule has 6 heteroatoms. The summed E-state index contributed by atoms with van der Waals surface area (Å²) in [7, 11) is 0. The lowest BCUT2D eigenvalue weighted by Crippen LogP contribution is -2.32. The predicted octanol–water partition coefficient (Wildman–Crippen LogP) is 5.00. The Morgan fingerprint density at radius 1 is 1.17 bits per heavy atom. The van der Waals surface area contributed by atoms with Gasteiger partial charge in [0.2, 0.25) is 16.9 Å². The van der Waals surface area contributed by atoms with Crippen molar-refractivity contribution in [2.45, 2.75) is 58.2 Å². The number of hydrogen-bond acceptors (Lipinski definition) is 6. The first-order valence-electron chi connectivity index (χ1n) is 10.0. The molecule has 3 aromatic rings. The van der Waals surface area contributed by atoms with Gasteiger partial charge in [-0.05, 0) is 69.4 Å². The normalized spacial score (nSPS) is 15.9. The number of rotatable bonds is 5. The van der Waals surface area contributed by atoms with E-state index in [2.05, 4.69) is 0 Å². The minimum absolute atomic E-state index is 0.0515. The maximum absolute atomic E-state index is 13.1. The predicted molar refractivity (Wildman–Crippen MR) is 108 cm³/mol. The largest absolute Gasteiger partial charge is 0.471 e. The van der Waals surface area contributed by atoms with Crippen molar-refractivity contribution in [3.8, 4) is 17.3 Å². The molecule has 1 fully saturated rings. The molecular formula is C23H24O6. The second-order valence-electron chi connectivity index (χ2n) is 7.52. The van der Waals surface area contributed by atoms with Crippen molar-refractivity contribution in [1.29, 1.82) is 0 Å². The Morgan fingerprint density at radius 2 is 1.97 bits per heavy atom. The number of hydrogen-bond donors (Lipinski definition) is 0. The molecule has 1 saturated carbocycles. The SMILES string of the molecule is Cc1ccc2c(=O)c(O[C@@H](C)C(=O)OC3CCCCC3)c(-c3ccco3)oc2c1. The van der Waals surface area contributed by atoms with Crippen molar-refractivity contribution >= 4 is 16.9 Å². The average Bonchev–Trinajstić information content (AvgIpc) is 3.25. The van der Waals surface area contributed by atoms with Gasteiger partial charge < -0.3 is 18.3 Å². The van der Waals surface area contributed by atoms with Gasteiger partial charge in [0.1, 0.15) is 11.7 Å². The van der Waals surface area contributed by atoms with E-state index in [1.54, 1.807) is 31.2 Å². The van der Waals surface area contributed by atoms with Gasteiger partial charge in [-0.3, -0.25) is 4.79 Å². The monoisotopic (exact) mass is 396 g/mol. The maximum Gasteiger partial charge on any atom is 0.347 e. The summed E-state index contributed by atoms with van der Waals surface area (Å²) in [5, 5.41) is 0.383. The molecule has 1 aromatic carbocycles. The van der Waals surface area contributed by atoms with E-state index >= 15 is 0 Å². The molecule has 152 valence electrons. The summed E-state index contributed by atoms with van der Waals surface area (Å²) >= 11 is 0. The maximum atomic E-state index is 13.1. The third kappa shape index (κ3) is 4.06. The van der Waals surface area contributed by atoms with E-state index in [0.717, 1.165) is 31.2 Å². The van der Waals surface area contributed by atoms with E-state index in [0.29, 0.717) is 16.7 Å². The van der Waals surface area contributed by atoms with Gasteiger partial charge in [-0.1, -0.05) is 12.5 Å². The highest BCUT2D eigenvalue weighted by Gasteiger charge is 2.27. The summed E-state index contributed by atoms with van der Waals surface area (Å²) in [6.07, 6.45) is 5.48. The molecule has 29 heavy (non-hydrogen) atoms. The fourth-order valence-electron chi connectivity index (χ4n) is 3.63. The lowest BCUT2D eigenvalue weighted by molar-refractivity contribution is -0.158. The van der Waals surface area contributed by atoms with Gasteiger partial charge in [0, 0.05) is 0 Å². The number of carbonyl (C=O) groups excluding carboxylic acids is 1. The van der Waals surface area contributed by atoms with Crippen molar-refractivity contribution in [2.24, 2.45) is 0 Å². The Kier molecular flexibility index (Phi) is 5.43. The number of esters is 1. The van der Waals surface area contributed by atoms with E-state index in [1.165, 1.54) is 12.7 Å². The van der Waals surface area contributed by atoms with E-state index in [9.17, 15) is 9.59 Å². The van der Waals surface area contributed by atoms with Crippen LogP contribution in [0.15, 0.2) is 50.2 Å². The fourth-order valence-corrected chi connectivity index (χ4v) is 3.63. The first-order chi connectivity index (χ1) is 14.0. The van der Waals surface area contributed by atoms with Crippen molar-refractivity contribution in [1.82, 2.24) is 0 Å². The lowest BCUT2D eigenvalue weighted by atomic mass is 9.98. The van der Waals surface area contributed by atoms with Crippen molar-refractivity contribution < 1.29 is 23.1 Å². The Hall–Kier alpha value is -3.02.